The maximum atomic E-state index is 13.5. The van der Waals surface area contributed by atoms with Crippen molar-refractivity contribution in [3.63, 3.8) is 0 Å². The van der Waals surface area contributed by atoms with Crippen LogP contribution in [0.25, 0.3) is 0 Å². The summed E-state index contributed by atoms with van der Waals surface area (Å²) in [7, 11) is -3.00. The van der Waals surface area contributed by atoms with E-state index in [0.29, 0.717) is 12.1 Å². The summed E-state index contributed by atoms with van der Waals surface area (Å²) in [6.45, 7) is 1.08. The average Bonchev–Trinajstić information content (AvgIpc) is 2.72. The third kappa shape index (κ3) is 5.74. The molecule has 9 nitrogen and oxygen atoms in total. The van der Waals surface area contributed by atoms with Gasteiger partial charge in [-0.1, -0.05) is 6.92 Å². The second-order valence-corrected chi connectivity index (χ2v) is 8.05. The lowest BCUT2D eigenvalue weighted by atomic mass is 10.1. The third-order valence-electron chi connectivity index (χ3n) is 4.08. The van der Waals surface area contributed by atoms with Gasteiger partial charge < -0.3 is 15.4 Å². The number of methoxy groups -OCH3 is 1. The average molecular weight is 501 g/mol. The van der Waals surface area contributed by atoms with Crippen molar-refractivity contribution in [3.05, 3.63) is 36.4 Å². The monoisotopic (exact) mass is 501 g/mol. The van der Waals surface area contributed by atoms with Crippen LogP contribution in [0, 0.1) is 0 Å². The zero-order chi connectivity index (χ0) is 25.1. The maximum absolute atomic E-state index is 13.5. The molecule has 2 aromatic rings. The first-order valence-corrected chi connectivity index (χ1v) is 10.4. The summed E-state index contributed by atoms with van der Waals surface area (Å²) in [5.74, 6) is -1.63. The molecule has 0 fully saturated rings. The van der Waals surface area contributed by atoms with E-state index in [9.17, 15) is 39.6 Å². The van der Waals surface area contributed by atoms with Crippen LogP contribution < -0.4 is 20.1 Å². The first kappa shape index (κ1) is 26.0. The van der Waals surface area contributed by atoms with E-state index in [1.807, 2.05) is 4.72 Å². The van der Waals surface area contributed by atoms with Crippen LogP contribution in [0.2, 0.25) is 0 Å². The number of halogens is 6. The highest BCUT2D eigenvalue weighted by molar-refractivity contribution is 7.92. The number of carbonyl (C=O) groups excluding carboxylic acids is 1. The molecule has 0 bridgehead atoms. The minimum Gasteiger partial charge on any atom is -0.480 e. The van der Waals surface area contributed by atoms with Gasteiger partial charge in [-0.3, -0.25) is 9.52 Å². The molecule has 2 rings (SSSR count). The molecule has 1 aromatic heterocycles. The molecule has 0 aliphatic carbocycles. The first-order valence-electron chi connectivity index (χ1n) is 8.88. The zero-order valence-corrected chi connectivity index (χ0v) is 17.7. The van der Waals surface area contributed by atoms with Gasteiger partial charge in [-0.2, -0.15) is 26.3 Å². The Labute approximate surface area is 183 Å². The van der Waals surface area contributed by atoms with Gasteiger partial charge in [0, 0.05) is 18.2 Å². The fraction of sp³-hybridized carbons (Fsp3) is 0.353. The van der Waals surface area contributed by atoms with Crippen LogP contribution in [0.1, 0.15) is 13.3 Å². The molecule has 0 spiro atoms. The predicted molar refractivity (Wildman–Crippen MR) is 103 cm³/mol. The molecule has 0 saturated heterocycles. The van der Waals surface area contributed by atoms with Gasteiger partial charge in [-0.05, 0) is 30.3 Å². The lowest BCUT2D eigenvalue weighted by Gasteiger charge is -2.39. The number of benzene rings is 1. The van der Waals surface area contributed by atoms with Crippen molar-refractivity contribution in [1.82, 2.24) is 15.5 Å². The van der Waals surface area contributed by atoms with Gasteiger partial charge in [-0.15, -0.1) is 10.2 Å². The van der Waals surface area contributed by atoms with Gasteiger partial charge in [0.2, 0.25) is 11.8 Å². The highest BCUT2D eigenvalue weighted by Crippen LogP contribution is 2.43. The smallest absolute Gasteiger partial charge is 0.439 e. The highest BCUT2D eigenvalue weighted by atomic mass is 32.2. The molecule has 1 heterocycles. The van der Waals surface area contributed by atoms with Crippen molar-refractivity contribution in [1.29, 1.82) is 0 Å². The number of hydrogen-bond donors (Lipinski definition) is 3. The predicted octanol–water partition coefficient (Wildman–Crippen LogP) is 3.05. The number of alkyl halides is 6. The Balaban J connectivity index is 2.35. The van der Waals surface area contributed by atoms with E-state index in [0.717, 1.165) is 24.4 Å². The molecule has 0 aliphatic rings. The second-order valence-electron chi connectivity index (χ2n) is 6.36. The number of carbonyl (C=O) groups is 1. The molecular weight excluding hydrogens is 484 g/mol. The minimum absolute atomic E-state index is 0.0985. The Morgan fingerprint density at radius 2 is 1.55 bits per heavy atom. The summed E-state index contributed by atoms with van der Waals surface area (Å²) in [6.07, 6.45) is -12.6. The Hall–Kier alpha value is -3.30. The Morgan fingerprint density at radius 3 is 1.97 bits per heavy atom. The SMILES string of the molecule is CCC(=O)NC(Nc1ccc(S(=O)(=O)Nc2ccc(OC)nn2)cc1)(C(F)(F)F)C(F)(F)F. The van der Waals surface area contributed by atoms with Crippen molar-refractivity contribution in [2.75, 3.05) is 17.1 Å². The molecular formula is C17H17F6N5O4S. The zero-order valence-electron chi connectivity index (χ0n) is 16.9. The highest BCUT2D eigenvalue weighted by Gasteiger charge is 2.72. The van der Waals surface area contributed by atoms with Gasteiger partial charge in [-0.25, -0.2) is 8.42 Å². The van der Waals surface area contributed by atoms with E-state index in [-0.39, 0.29) is 11.7 Å². The molecule has 3 N–H and O–H groups in total. The number of nitrogens with one attached hydrogen (secondary N) is 3. The third-order valence-corrected chi connectivity index (χ3v) is 5.45. The molecule has 0 aliphatic heterocycles. The summed E-state index contributed by atoms with van der Waals surface area (Å²) in [5.41, 5.74) is -5.56. The second kappa shape index (κ2) is 9.29. The number of sulfonamides is 1. The van der Waals surface area contributed by atoms with Crippen molar-refractivity contribution < 1.29 is 44.3 Å². The Bertz CT molecular complexity index is 1060. The van der Waals surface area contributed by atoms with Gasteiger partial charge in [0.15, 0.2) is 5.82 Å². The van der Waals surface area contributed by atoms with Gasteiger partial charge in [0.05, 0.1) is 12.0 Å². The maximum Gasteiger partial charge on any atom is 0.439 e. The van der Waals surface area contributed by atoms with Crippen LogP contribution in [0.5, 0.6) is 5.88 Å². The molecule has 0 saturated carbocycles. The van der Waals surface area contributed by atoms with E-state index < -0.39 is 50.9 Å². The summed E-state index contributed by atoms with van der Waals surface area (Å²) in [5, 5.41) is 9.28. The lowest BCUT2D eigenvalue weighted by molar-refractivity contribution is -0.295. The lowest BCUT2D eigenvalue weighted by Crippen LogP contribution is -2.72. The van der Waals surface area contributed by atoms with E-state index in [1.54, 1.807) is 0 Å². The standard InChI is InChI=1S/C17H17F6N5O4S/c1-3-13(29)25-15(16(18,19)20,17(21,22)23)24-10-4-6-11(7-5-10)33(30,31)28-12-8-9-14(32-2)27-26-12/h4-9,24H,3H2,1-2H3,(H,25,29)(H,26,28). The number of aromatic nitrogens is 2. The van der Waals surface area contributed by atoms with Crippen LogP contribution in [0.4, 0.5) is 37.8 Å². The van der Waals surface area contributed by atoms with Gasteiger partial charge in [0.25, 0.3) is 10.0 Å². The number of nitrogens with zero attached hydrogens (tertiary/aromatic N) is 2. The van der Waals surface area contributed by atoms with Crippen molar-refractivity contribution >= 4 is 27.4 Å². The minimum atomic E-state index is -5.99. The molecule has 182 valence electrons. The Kier molecular flexibility index (Phi) is 7.30. The van der Waals surface area contributed by atoms with E-state index in [4.69, 9.17) is 4.74 Å². The van der Waals surface area contributed by atoms with Crippen molar-refractivity contribution in [3.8, 4) is 5.88 Å². The van der Waals surface area contributed by atoms with Gasteiger partial charge in [0.1, 0.15) is 0 Å². The molecule has 0 unspecified atom stereocenters. The molecule has 33 heavy (non-hydrogen) atoms. The molecule has 1 aromatic carbocycles. The van der Waals surface area contributed by atoms with Crippen LogP contribution >= 0.6 is 0 Å². The first-order chi connectivity index (χ1) is 15.1. The number of rotatable bonds is 8. The largest absolute Gasteiger partial charge is 0.480 e. The molecule has 1 amide bonds. The summed E-state index contributed by atoms with van der Waals surface area (Å²) in [4.78, 5) is 11.0. The van der Waals surface area contributed by atoms with Crippen molar-refractivity contribution in [2.24, 2.45) is 0 Å². The van der Waals surface area contributed by atoms with E-state index in [2.05, 4.69) is 10.2 Å². The topological polar surface area (TPSA) is 122 Å². The van der Waals surface area contributed by atoms with Crippen LogP contribution in [0.3, 0.4) is 0 Å². The Morgan fingerprint density at radius 1 is 0.970 bits per heavy atom. The molecule has 16 heteroatoms. The summed E-state index contributed by atoms with van der Waals surface area (Å²) in [6, 6.07) is 5.41. The van der Waals surface area contributed by atoms with Gasteiger partial charge >= 0.3 is 18.0 Å². The summed E-state index contributed by atoms with van der Waals surface area (Å²) >= 11 is 0. The number of ether oxygens (including phenoxy) is 1. The number of anilines is 2. The van der Waals surface area contributed by atoms with Crippen LogP contribution in [-0.2, 0) is 14.8 Å². The van der Waals surface area contributed by atoms with Crippen molar-refractivity contribution in [2.45, 2.75) is 36.3 Å². The number of amides is 1. The van der Waals surface area contributed by atoms with Crippen LogP contribution in [0.15, 0.2) is 41.3 Å². The molecule has 0 atom stereocenters. The number of hydrogen-bond acceptors (Lipinski definition) is 7. The fourth-order valence-electron chi connectivity index (χ4n) is 2.39. The molecule has 0 radical (unpaired) electrons. The van der Waals surface area contributed by atoms with E-state index >= 15 is 0 Å². The fourth-order valence-corrected chi connectivity index (χ4v) is 3.38. The van der Waals surface area contributed by atoms with Crippen LogP contribution in [-0.4, -0.2) is 49.6 Å². The summed E-state index contributed by atoms with van der Waals surface area (Å²) < 4.78 is 113. The van der Waals surface area contributed by atoms with E-state index in [1.165, 1.54) is 24.6 Å². The quantitative estimate of drug-likeness (QED) is 0.376. The normalized spacial score (nSPS) is 12.7.